The molecule has 0 spiro atoms. The Morgan fingerprint density at radius 2 is 2.19 bits per heavy atom. The molecule has 0 aromatic heterocycles. The van der Waals surface area contributed by atoms with Gasteiger partial charge in [-0.1, -0.05) is 13.0 Å². The van der Waals surface area contributed by atoms with Gasteiger partial charge >= 0.3 is 0 Å². The average molecular weight is 239 g/mol. The first-order valence-electron chi connectivity index (χ1n) is 5.68. The summed E-state index contributed by atoms with van der Waals surface area (Å²) in [6, 6.07) is 6.04. The van der Waals surface area contributed by atoms with E-state index in [1.54, 1.807) is 0 Å². The number of fused-ring (bicyclic) bond motifs is 1. The minimum Gasteiger partial charge on any atom is -0.481 e. The van der Waals surface area contributed by atoms with Crippen molar-refractivity contribution in [3.05, 3.63) is 29.3 Å². The average Bonchev–Trinajstić information content (AvgIpc) is 2.72. The van der Waals surface area contributed by atoms with Crippen LogP contribution in [0.1, 0.15) is 30.9 Å². The number of benzene rings is 1. The Morgan fingerprint density at radius 1 is 1.44 bits per heavy atom. The smallest absolute Gasteiger partial charge is 0.262 e. The molecule has 0 N–H and O–H groups in total. The number of hydrogen-bond acceptors (Lipinski definition) is 2. The van der Waals surface area contributed by atoms with E-state index in [9.17, 15) is 4.79 Å². The van der Waals surface area contributed by atoms with E-state index in [4.69, 9.17) is 16.3 Å². The van der Waals surface area contributed by atoms with Crippen LogP contribution in [0.5, 0.6) is 5.75 Å². The van der Waals surface area contributed by atoms with Crippen LogP contribution in [0, 0.1) is 0 Å². The predicted molar refractivity (Wildman–Crippen MR) is 64.0 cm³/mol. The standard InChI is InChI=1S/C13H15ClO2/c1-2-12(13(14)15)16-11-7-6-9-4-3-5-10(9)8-11/h6-8,12H,2-5H2,1H3. The van der Waals surface area contributed by atoms with Gasteiger partial charge in [0, 0.05) is 0 Å². The van der Waals surface area contributed by atoms with E-state index < -0.39 is 11.3 Å². The van der Waals surface area contributed by atoms with Crippen LogP contribution in [-0.2, 0) is 17.6 Å². The molecule has 1 aliphatic carbocycles. The van der Waals surface area contributed by atoms with Gasteiger partial charge in [0.2, 0.25) is 0 Å². The third-order valence-corrected chi connectivity index (χ3v) is 3.22. The largest absolute Gasteiger partial charge is 0.481 e. The van der Waals surface area contributed by atoms with Gasteiger partial charge in [-0.05, 0) is 60.5 Å². The molecule has 1 atom stereocenters. The van der Waals surface area contributed by atoms with Gasteiger partial charge in [0.1, 0.15) is 5.75 Å². The van der Waals surface area contributed by atoms with E-state index in [0.29, 0.717) is 6.42 Å². The highest BCUT2D eigenvalue weighted by molar-refractivity contribution is 6.64. The van der Waals surface area contributed by atoms with Gasteiger partial charge in [0.05, 0.1) is 0 Å². The summed E-state index contributed by atoms with van der Waals surface area (Å²) >= 11 is 5.45. The van der Waals surface area contributed by atoms with Crippen molar-refractivity contribution in [1.29, 1.82) is 0 Å². The summed E-state index contributed by atoms with van der Waals surface area (Å²) in [4.78, 5) is 11.1. The van der Waals surface area contributed by atoms with Gasteiger partial charge < -0.3 is 4.74 Å². The first kappa shape index (κ1) is 11.5. The molecule has 1 aliphatic rings. The minimum atomic E-state index is -0.527. The molecule has 0 aliphatic heterocycles. The van der Waals surface area contributed by atoms with Crippen LogP contribution in [0.4, 0.5) is 0 Å². The van der Waals surface area contributed by atoms with E-state index in [1.165, 1.54) is 17.5 Å². The van der Waals surface area contributed by atoms with Crippen molar-refractivity contribution in [1.82, 2.24) is 0 Å². The SMILES string of the molecule is CCC(Oc1ccc2c(c1)CCC2)C(=O)Cl. The van der Waals surface area contributed by atoms with E-state index in [1.807, 2.05) is 19.1 Å². The van der Waals surface area contributed by atoms with Crippen molar-refractivity contribution in [3.8, 4) is 5.75 Å². The molecule has 1 aromatic rings. The maximum atomic E-state index is 11.1. The summed E-state index contributed by atoms with van der Waals surface area (Å²) in [5.41, 5.74) is 2.74. The highest BCUT2D eigenvalue weighted by Crippen LogP contribution is 2.26. The summed E-state index contributed by atoms with van der Waals surface area (Å²) in [7, 11) is 0. The van der Waals surface area contributed by atoms with E-state index in [0.717, 1.165) is 18.6 Å². The summed E-state index contributed by atoms with van der Waals surface area (Å²) < 4.78 is 5.57. The molecule has 16 heavy (non-hydrogen) atoms. The third kappa shape index (κ3) is 2.38. The zero-order valence-corrected chi connectivity index (χ0v) is 10.1. The number of aryl methyl sites for hydroxylation is 2. The molecule has 2 nitrogen and oxygen atoms in total. The number of ether oxygens (including phenoxy) is 1. The zero-order valence-electron chi connectivity index (χ0n) is 9.33. The monoisotopic (exact) mass is 238 g/mol. The highest BCUT2D eigenvalue weighted by Gasteiger charge is 2.17. The molecule has 0 fully saturated rings. The lowest BCUT2D eigenvalue weighted by Crippen LogP contribution is -2.22. The van der Waals surface area contributed by atoms with Crippen molar-refractivity contribution in [2.45, 2.75) is 38.7 Å². The van der Waals surface area contributed by atoms with Crippen molar-refractivity contribution >= 4 is 16.8 Å². The van der Waals surface area contributed by atoms with Gasteiger partial charge in [-0.15, -0.1) is 0 Å². The summed E-state index contributed by atoms with van der Waals surface area (Å²) in [6.07, 6.45) is 3.55. The van der Waals surface area contributed by atoms with Crippen LogP contribution < -0.4 is 4.74 Å². The lowest BCUT2D eigenvalue weighted by Gasteiger charge is -2.14. The maximum absolute atomic E-state index is 11.1. The van der Waals surface area contributed by atoms with Crippen LogP contribution in [0.3, 0.4) is 0 Å². The highest BCUT2D eigenvalue weighted by atomic mass is 35.5. The number of halogens is 1. The number of hydrogen-bond donors (Lipinski definition) is 0. The van der Waals surface area contributed by atoms with Crippen molar-refractivity contribution in [2.75, 3.05) is 0 Å². The van der Waals surface area contributed by atoms with Gasteiger partial charge in [-0.25, -0.2) is 0 Å². The first-order chi connectivity index (χ1) is 7.70. The second-order valence-corrected chi connectivity index (χ2v) is 4.48. The summed E-state index contributed by atoms with van der Waals surface area (Å²) in [6.45, 7) is 1.89. The summed E-state index contributed by atoms with van der Waals surface area (Å²) in [5, 5.41) is -0.428. The van der Waals surface area contributed by atoms with E-state index in [-0.39, 0.29) is 0 Å². The quantitative estimate of drug-likeness (QED) is 0.754. The molecule has 1 aromatic carbocycles. The molecule has 0 saturated carbocycles. The molecule has 0 heterocycles. The number of carbonyl (C=O) groups excluding carboxylic acids is 1. The van der Waals surface area contributed by atoms with E-state index >= 15 is 0 Å². The van der Waals surface area contributed by atoms with Gasteiger partial charge in [-0.3, -0.25) is 4.79 Å². The Bertz CT molecular complexity index is 401. The lowest BCUT2D eigenvalue weighted by atomic mass is 10.1. The minimum absolute atomic E-state index is 0.428. The van der Waals surface area contributed by atoms with E-state index in [2.05, 4.69) is 6.07 Å². The molecule has 2 rings (SSSR count). The third-order valence-electron chi connectivity index (χ3n) is 2.97. The van der Waals surface area contributed by atoms with Gasteiger partial charge in [-0.2, -0.15) is 0 Å². The Balaban J connectivity index is 2.13. The molecule has 0 amide bonds. The Labute approximate surface area is 101 Å². The first-order valence-corrected chi connectivity index (χ1v) is 6.06. The zero-order chi connectivity index (χ0) is 11.5. The normalized spacial score (nSPS) is 15.6. The Kier molecular flexibility index (Phi) is 3.49. The van der Waals surface area contributed by atoms with Gasteiger partial charge in [0.15, 0.2) is 6.10 Å². The number of carbonyl (C=O) groups is 1. The molecule has 0 saturated heterocycles. The molecule has 86 valence electrons. The summed E-state index contributed by atoms with van der Waals surface area (Å²) in [5.74, 6) is 0.751. The van der Waals surface area contributed by atoms with Crippen LogP contribution in [0.2, 0.25) is 0 Å². The second kappa shape index (κ2) is 4.88. The molecular weight excluding hydrogens is 224 g/mol. The van der Waals surface area contributed by atoms with Crippen molar-refractivity contribution < 1.29 is 9.53 Å². The Hall–Kier alpha value is -1.02. The second-order valence-electron chi connectivity index (χ2n) is 4.10. The van der Waals surface area contributed by atoms with Crippen LogP contribution >= 0.6 is 11.6 Å². The Morgan fingerprint density at radius 3 is 2.88 bits per heavy atom. The fourth-order valence-electron chi connectivity index (χ4n) is 2.08. The number of rotatable bonds is 4. The van der Waals surface area contributed by atoms with Crippen molar-refractivity contribution in [2.24, 2.45) is 0 Å². The molecule has 1 unspecified atom stereocenters. The fourth-order valence-corrected chi connectivity index (χ4v) is 2.27. The topological polar surface area (TPSA) is 26.3 Å². The maximum Gasteiger partial charge on any atom is 0.262 e. The predicted octanol–water partition coefficient (Wildman–Crippen LogP) is 3.10. The van der Waals surface area contributed by atoms with Crippen LogP contribution in [0.15, 0.2) is 18.2 Å². The van der Waals surface area contributed by atoms with Crippen molar-refractivity contribution in [3.63, 3.8) is 0 Å². The molecule has 0 bridgehead atoms. The van der Waals surface area contributed by atoms with Crippen LogP contribution in [0.25, 0.3) is 0 Å². The van der Waals surface area contributed by atoms with Crippen LogP contribution in [-0.4, -0.2) is 11.3 Å². The molecular formula is C13H15ClO2. The lowest BCUT2D eigenvalue weighted by molar-refractivity contribution is -0.117. The molecule has 0 radical (unpaired) electrons. The fraction of sp³-hybridized carbons (Fsp3) is 0.462. The molecule has 3 heteroatoms. The van der Waals surface area contributed by atoms with Gasteiger partial charge in [0.25, 0.3) is 5.24 Å².